The fourth-order valence-corrected chi connectivity index (χ4v) is 2.70. The van der Waals surface area contributed by atoms with E-state index in [2.05, 4.69) is 22.3 Å². The molecule has 1 aliphatic rings. The average Bonchev–Trinajstić information content (AvgIpc) is 2.38. The van der Waals surface area contributed by atoms with Crippen LogP contribution in [-0.2, 0) is 4.79 Å². The summed E-state index contributed by atoms with van der Waals surface area (Å²) >= 11 is 0. The van der Waals surface area contributed by atoms with Crippen LogP contribution in [0.2, 0.25) is 0 Å². The van der Waals surface area contributed by atoms with Gasteiger partial charge in [-0.15, -0.1) is 0 Å². The Morgan fingerprint density at radius 1 is 1.39 bits per heavy atom. The van der Waals surface area contributed by atoms with Crippen molar-refractivity contribution in [1.82, 2.24) is 5.32 Å². The minimum atomic E-state index is -0.708. The van der Waals surface area contributed by atoms with E-state index >= 15 is 0 Å². The van der Waals surface area contributed by atoms with E-state index in [1.807, 2.05) is 26.2 Å². The second-order valence-corrected chi connectivity index (χ2v) is 5.00. The normalized spacial score (nSPS) is 23.7. The molecular weight excluding hydrogens is 228 g/mol. The minimum absolute atomic E-state index is 0.0994. The summed E-state index contributed by atoms with van der Waals surface area (Å²) in [6.07, 6.45) is 0.877. The number of hydrogen-bond donors (Lipinski definition) is 2. The Balaban J connectivity index is 2.36. The predicted molar refractivity (Wildman–Crippen MR) is 72.1 cm³/mol. The van der Waals surface area contributed by atoms with Crippen molar-refractivity contribution >= 4 is 11.7 Å². The number of hydrogen-bond acceptors (Lipinski definition) is 3. The summed E-state index contributed by atoms with van der Waals surface area (Å²) in [5.74, 6) is -0.942. The zero-order chi connectivity index (χ0) is 13.1. The molecule has 1 heterocycles. The smallest absolute Gasteiger partial charge is 0.308 e. The van der Waals surface area contributed by atoms with Gasteiger partial charge in [-0.05, 0) is 24.6 Å². The lowest BCUT2D eigenvalue weighted by atomic mass is 9.80. The monoisotopic (exact) mass is 248 g/mol. The van der Waals surface area contributed by atoms with Gasteiger partial charge in [-0.3, -0.25) is 4.79 Å². The van der Waals surface area contributed by atoms with Crippen molar-refractivity contribution in [2.24, 2.45) is 5.92 Å². The first-order chi connectivity index (χ1) is 8.61. The third kappa shape index (κ3) is 2.48. The van der Waals surface area contributed by atoms with E-state index in [9.17, 15) is 9.90 Å². The van der Waals surface area contributed by atoms with E-state index in [-0.39, 0.29) is 11.8 Å². The fraction of sp³-hybridized carbons (Fsp3) is 0.500. The number of aliphatic carboxylic acids is 1. The molecular formula is C14H20N2O2. The predicted octanol–water partition coefficient (Wildman–Crippen LogP) is 1.53. The molecule has 0 amide bonds. The Kier molecular flexibility index (Phi) is 3.87. The number of nitrogens with zero attached hydrogens (tertiary/aromatic N) is 1. The van der Waals surface area contributed by atoms with E-state index in [1.165, 1.54) is 0 Å². The van der Waals surface area contributed by atoms with Crippen LogP contribution >= 0.6 is 0 Å². The molecule has 98 valence electrons. The maximum Gasteiger partial charge on any atom is 0.308 e. The molecule has 1 fully saturated rings. The van der Waals surface area contributed by atoms with Gasteiger partial charge in [-0.25, -0.2) is 0 Å². The maximum atomic E-state index is 11.4. The number of rotatable bonds is 3. The van der Waals surface area contributed by atoms with Crippen molar-refractivity contribution in [2.45, 2.75) is 12.3 Å². The number of carbonyl (C=O) groups is 1. The molecule has 18 heavy (non-hydrogen) atoms. The molecule has 0 aliphatic carbocycles. The van der Waals surface area contributed by atoms with Gasteiger partial charge in [-0.2, -0.15) is 0 Å². The quantitative estimate of drug-likeness (QED) is 0.852. The average molecular weight is 248 g/mol. The molecule has 2 N–H and O–H groups in total. The Hall–Kier alpha value is -1.55. The molecule has 2 atom stereocenters. The van der Waals surface area contributed by atoms with Crippen LogP contribution in [0, 0.1) is 5.92 Å². The van der Waals surface area contributed by atoms with Crippen molar-refractivity contribution in [3.8, 4) is 0 Å². The van der Waals surface area contributed by atoms with Crippen LogP contribution < -0.4 is 10.2 Å². The van der Waals surface area contributed by atoms with E-state index in [4.69, 9.17) is 0 Å². The SMILES string of the molecule is CN(C)c1ccccc1C1CCNCC1C(=O)O. The van der Waals surface area contributed by atoms with Crippen LogP contribution in [0.15, 0.2) is 24.3 Å². The molecule has 4 nitrogen and oxygen atoms in total. The van der Waals surface area contributed by atoms with Gasteiger partial charge in [0.05, 0.1) is 5.92 Å². The summed E-state index contributed by atoms with van der Waals surface area (Å²) in [6.45, 7) is 1.44. The van der Waals surface area contributed by atoms with E-state index in [0.29, 0.717) is 6.54 Å². The van der Waals surface area contributed by atoms with Crippen LogP contribution in [0.25, 0.3) is 0 Å². The van der Waals surface area contributed by atoms with Gasteiger partial charge in [0.2, 0.25) is 0 Å². The molecule has 0 saturated carbocycles. The molecule has 1 saturated heterocycles. The Labute approximate surface area is 108 Å². The first kappa shape index (κ1) is 12.9. The molecule has 4 heteroatoms. The molecule has 0 bridgehead atoms. The van der Waals surface area contributed by atoms with E-state index < -0.39 is 5.97 Å². The van der Waals surface area contributed by atoms with E-state index in [1.54, 1.807) is 0 Å². The highest BCUT2D eigenvalue weighted by Crippen LogP contribution is 2.35. The molecule has 0 aromatic heterocycles. The number of para-hydroxylation sites is 1. The zero-order valence-electron chi connectivity index (χ0n) is 10.9. The number of anilines is 1. The highest BCUT2D eigenvalue weighted by Gasteiger charge is 2.33. The van der Waals surface area contributed by atoms with Crippen LogP contribution in [-0.4, -0.2) is 38.3 Å². The van der Waals surface area contributed by atoms with Crippen LogP contribution in [0.3, 0.4) is 0 Å². The van der Waals surface area contributed by atoms with Crippen LogP contribution in [0.1, 0.15) is 17.9 Å². The van der Waals surface area contributed by atoms with Crippen molar-refractivity contribution in [1.29, 1.82) is 0 Å². The molecule has 0 radical (unpaired) electrons. The standard InChI is InChI=1S/C14H20N2O2/c1-16(2)13-6-4-3-5-11(13)10-7-8-15-9-12(10)14(17)18/h3-6,10,12,15H,7-9H2,1-2H3,(H,17,18). The Morgan fingerprint density at radius 3 is 2.78 bits per heavy atom. The summed E-state index contributed by atoms with van der Waals surface area (Å²) in [4.78, 5) is 13.4. The van der Waals surface area contributed by atoms with E-state index in [0.717, 1.165) is 24.2 Å². The van der Waals surface area contributed by atoms with Gasteiger partial charge in [0, 0.05) is 32.2 Å². The molecule has 2 unspecified atom stereocenters. The van der Waals surface area contributed by atoms with Gasteiger partial charge in [0.1, 0.15) is 0 Å². The van der Waals surface area contributed by atoms with Gasteiger partial charge in [-0.1, -0.05) is 18.2 Å². The second-order valence-electron chi connectivity index (χ2n) is 5.00. The van der Waals surface area contributed by atoms with Crippen molar-refractivity contribution in [2.75, 3.05) is 32.1 Å². The Morgan fingerprint density at radius 2 is 2.11 bits per heavy atom. The number of benzene rings is 1. The van der Waals surface area contributed by atoms with Crippen molar-refractivity contribution < 1.29 is 9.90 Å². The van der Waals surface area contributed by atoms with Gasteiger partial charge in [0.15, 0.2) is 0 Å². The van der Waals surface area contributed by atoms with Crippen LogP contribution in [0.4, 0.5) is 5.69 Å². The summed E-state index contributed by atoms with van der Waals surface area (Å²) in [7, 11) is 3.99. The third-order valence-electron chi connectivity index (χ3n) is 3.62. The molecule has 0 spiro atoms. The first-order valence-corrected chi connectivity index (χ1v) is 6.31. The fourth-order valence-electron chi connectivity index (χ4n) is 2.70. The Bertz CT molecular complexity index is 432. The van der Waals surface area contributed by atoms with Crippen molar-refractivity contribution in [3.63, 3.8) is 0 Å². The highest BCUT2D eigenvalue weighted by molar-refractivity contribution is 5.73. The largest absolute Gasteiger partial charge is 0.481 e. The second kappa shape index (κ2) is 5.40. The molecule has 1 aromatic carbocycles. The topological polar surface area (TPSA) is 52.6 Å². The lowest BCUT2D eigenvalue weighted by Crippen LogP contribution is -2.40. The molecule has 2 rings (SSSR count). The third-order valence-corrected chi connectivity index (χ3v) is 3.62. The van der Waals surface area contributed by atoms with Gasteiger partial charge in [0.25, 0.3) is 0 Å². The number of carboxylic acid groups (broad SMARTS) is 1. The first-order valence-electron chi connectivity index (χ1n) is 6.31. The summed E-state index contributed by atoms with van der Waals surface area (Å²) in [5.41, 5.74) is 2.27. The van der Waals surface area contributed by atoms with Gasteiger partial charge >= 0.3 is 5.97 Å². The number of carboxylic acids is 1. The summed E-state index contributed by atoms with van der Waals surface area (Å²) in [5, 5.41) is 12.5. The molecule has 1 aromatic rings. The minimum Gasteiger partial charge on any atom is -0.481 e. The lowest BCUT2D eigenvalue weighted by molar-refractivity contribution is -0.142. The summed E-state index contributed by atoms with van der Waals surface area (Å²) < 4.78 is 0. The molecule has 1 aliphatic heterocycles. The zero-order valence-corrected chi connectivity index (χ0v) is 10.9. The lowest BCUT2D eigenvalue weighted by Gasteiger charge is -2.32. The van der Waals surface area contributed by atoms with Gasteiger partial charge < -0.3 is 15.3 Å². The highest BCUT2D eigenvalue weighted by atomic mass is 16.4. The van der Waals surface area contributed by atoms with Crippen LogP contribution in [0.5, 0.6) is 0 Å². The number of piperidine rings is 1. The number of nitrogens with one attached hydrogen (secondary N) is 1. The van der Waals surface area contributed by atoms with Crippen molar-refractivity contribution in [3.05, 3.63) is 29.8 Å². The maximum absolute atomic E-state index is 11.4. The summed E-state index contributed by atoms with van der Waals surface area (Å²) in [6, 6.07) is 8.09.